The normalized spacial score (nSPS) is 23.5. The second kappa shape index (κ2) is 7.95. The fourth-order valence-electron chi connectivity index (χ4n) is 4.41. The fraction of sp³-hybridized carbons (Fsp3) is 0.650. The van der Waals surface area contributed by atoms with E-state index < -0.39 is 0 Å². The Balaban J connectivity index is 1.42. The molecule has 8 nitrogen and oxygen atoms in total. The fourth-order valence-corrected chi connectivity index (χ4v) is 4.41. The largest absolute Gasteiger partial charge is 0.338 e. The molecule has 0 N–H and O–H groups in total. The quantitative estimate of drug-likeness (QED) is 0.780. The van der Waals surface area contributed by atoms with Crippen molar-refractivity contribution in [2.45, 2.75) is 59.0 Å². The average Bonchev–Trinajstić information content (AvgIpc) is 3.14. The van der Waals surface area contributed by atoms with Gasteiger partial charge in [-0.25, -0.2) is 0 Å². The number of carbonyl (C=O) groups is 1. The molecule has 0 aromatic carbocycles. The van der Waals surface area contributed by atoms with Crippen LogP contribution < -0.4 is 0 Å². The summed E-state index contributed by atoms with van der Waals surface area (Å²) in [5.41, 5.74) is 1.87. The SMILES string of the molecule is CCc1noc(CN2CCC[C@]3(CCC(=O)N(Cc4cnc(C)cn4)C3)C2)n1. The van der Waals surface area contributed by atoms with E-state index >= 15 is 0 Å². The van der Waals surface area contributed by atoms with Crippen molar-refractivity contribution in [2.75, 3.05) is 19.6 Å². The van der Waals surface area contributed by atoms with Gasteiger partial charge in [0.25, 0.3) is 0 Å². The smallest absolute Gasteiger partial charge is 0.240 e. The lowest BCUT2D eigenvalue weighted by Gasteiger charge is -2.48. The second-order valence-electron chi connectivity index (χ2n) is 8.17. The van der Waals surface area contributed by atoms with Gasteiger partial charge in [0.1, 0.15) is 0 Å². The standard InChI is InChI=1S/C20H28N6O2/c1-3-17-23-18(28-24-17)12-25-8-4-6-20(13-25)7-5-19(27)26(14-20)11-16-10-21-15(2)9-22-16/h9-10H,3-8,11-14H2,1-2H3/t20-/m0/s1. The van der Waals surface area contributed by atoms with E-state index in [0.29, 0.717) is 25.4 Å². The Morgan fingerprint density at radius 1 is 1.18 bits per heavy atom. The lowest BCUT2D eigenvalue weighted by atomic mass is 9.73. The molecule has 4 rings (SSSR count). The number of piperidine rings is 2. The van der Waals surface area contributed by atoms with Crippen LogP contribution in [0.5, 0.6) is 0 Å². The van der Waals surface area contributed by atoms with Gasteiger partial charge >= 0.3 is 0 Å². The molecule has 4 heterocycles. The highest BCUT2D eigenvalue weighted by Crippen LogP contribution is 2.39. The molecule has 2 saturated heterocycles. The van der Waals surface area contributed by atoms with Crippen LogP contribution in [0.15, 0.2) is 16.9 Å². The summed E-state index contributed by atoms with van der Waals surface area (Å²) in [6, 6.07) is 0. The van der Waals surface area contributed by atoms with Crippen molar-refractivity contribution >= 4 is 5.91 Å². The minimum atomic E-state index is 0.137. The van der Waals surface area contributed by atoms with Crippen LogP contribution in [-0.2, 0) is 24.3 Å². The number of amides is 1. The van der Waals surface area contributed by atoms with Crippen molar-refractivity contribution in [3.63, 3.8) is 0 Å². The maximum Gasteiger partial charge on any atom is 0.240 e. The van der Waals surface area contributed by atoms with Gasteiger partial charge in [0.05, 0.1) is 30.7 Å². The molecule has 0 aliphatic carbocycles. The number of nitrogens with zero attached hydrogens (tertiary/aromatic N) is 6. The number of carbonyl (C=O) groups excluding carboxylic acids is 1. The Morgan fingerprint density at radius 3 is 2.82 bits per heavy atom. The molecule has 2 fully saturated rings. The van der Waals surface area contributed by atoms with Gasteiger partial charge in [-0.3, -0.25) is 19.7 Å². The minimum absolute atomic E-state index is 0.137. The molecule has 2 aromatic heterocycles. The molecule has 1 atom stereocenters. The summed E-state index contributed by atoms with van der Waals surface area (Å²) >= 11 is 0. The predicted molar refractivity (Wildman–Crippen MR) is 102 cm³/mol. The van der Waals surface area contributed by atoms with Crippen LogP contribution in [0, 0.1) is 12.3 Å². The molecule has 0 saturated carbocycles. The summed E-state index contributed by atoms with van der Waals surface area (Å²) in [6.07, 6.45) is 8.15. The summed E-state index contributed by atoms with van der Waals surface area (Å²) in [5, 5.41) is 4.00. The lowest BCUT2D eigenvalue weighted by Crippen LogP contribution is -2.53. The number of aryl methyl sites for hydroxylation is 2. The molecule has 2 aromatic rings. The Morgan fingerprint density at radius 2 is 2.07 bits per heavy atom. The first-order valence-electron chi connectivity index (χ1n) is 10.1. The predicted octanol–water partition coefficient (Wildman–Crippen LogP) is 2.14. The van der Waals surface area contributed by atoms with Crippen LogP contribution in [0.1, 0.15) is 55.7 Å². The summed E-state index contributed by atoms with van der Waals surface area (Å²) in [6.45, 7) is 7.94. The number of aromatic nitrogens is 4. The minimum Gasteiger partial charge on any atom is -0.338 e. The van der Waals surface area contributed by atoms with Gasteiger partial charge in [-0.2, -0.15) is 4.98 Å². The average molecular weight is 384 g/mol. The molecule has 1 amide bonds. The summed E-state index contributed by atoms with van der Waals surface area (Å²) in [5.74, 6) is 1.66. The molecule has 0 bridgehead atoms. The number of hydrogen-bond acceptors (Lipinski definition) is 7. The van der Waals surface area contributed by atoms with Crippen molar-refractivity contribution < 1.29 is 9.32 Å². The molecule has 2 aliphatic rings. The summed E-state index contributed by atoms with van der Waals surface area (Å²) in [4.78, 5) is 30.1. The molecule has 2 aliphatic heterocycles. The molecule has 0 unspecified atom stereocenters. The third-order valence-corrected chi connectivity index (χ3v) is 5.86. The monoisotopic (exact) mass is 384 g/mol. The first-order chi connectivity index (χ1) is 13.5. The van der Waals surface area contributed by atoms with Gasteiger partial charge in [0.2, 0.25) is 11.8 Å². The van der Waals surface area contributed by atoms with E-state index in [2.05, 4.69) is 25.0 Å². The Labute approximate surface area is 165 Å². The van der Waals surface area contributed by atoms with Crippen molar-refractivity contribution in [1.82, 2.24) is 29.9 Å². The Kier molecular flexibility index (Phi) is 5.39. The Bertz CT molecular complexity index is 820. The molecule has 1 spiro atoms. The number of hydrogen-bond donors (Lipinski definition) is 0. The maximum atomic E-state index is 12.5. The summed E-state index contributed by atoms with van der Waals surface area (Å²) in [7, 11) is 0. The van der Waals surface area contributed by atoms with Gasteiger partial charge in [0.15, 0.2) is 5.82 Å². The van der Waals surface area contributed by atoms with Crippen LogP contribution in [0.25, 0.3) is 0 Å². The van der Waals surface area contributed by atoms with Crippen LogP contribution >= 0.6 is 0 Å². The Hall–Kier alpha value is -2.35. The van der Waals surface area contributed by atoms with E-state index in [1.807, 2.05) is 18.7 Å². The second-order valence-corrected chi connectivity index (χ2v) is 8.17. The van der Waals surface area contributed by atoms with Crippen LogP contribution in [0.2, 0.25) is 0 Å². The van der Waals surface area contributed by atoms with E-state index in [1.165, 1.54) is 0 Å². The molecule has 0 radical (unpaired) electrons. The van der Waals surface area contributed by atoms with Crippen molar-refractivity contribution in [2.24, 2.45) is 5.41 Å². The van der Waals surface area contributed by atoms with E-state index in [0.717, 1.165) is 62.5 Å². The van der Waals surface area contributed by atoms with Crippen LogP contribution in [0.4, 0.5) is 0 Å². The van der Waals surface area contributed by atoms with E-state index in [-0.39, 0.29) is 11.3 Å². The van der Waals surface area contributed by atoms with Gasteiger partial charge in [-0.05, 0) is 32.7 Å². The highest BCUT2D eigenvalue weighted by molar-refractivity contribution is 5.77. The van der Waals surface area contributed by atoms with Crippen molar-refractivity contribution in [3.8, 4) is 0 Å². The van der Waals surface area contributed by atoms with Crippen LogP contribution in [0.3, 0.4) is 0 Å². The van der Waals surface area contributed by atoms with Gasteiger partial charge < -0.3 is 9.42 Å². The van der Waals surface area contributed by atoms with Gasteiger partial charge in [-0.1, -0.05) is 12.1 Å². The van der Waals surface area contributed by atoms with Crippen LogP contribution in [-0.4, -0.2) is 55.4 Å². The topological polar surface area (TPSA) is 88.3 Å². The highest BCUT2D eigenvalue weighted by Gasteiger charge is 2.42. The van der Waals surface area contributed by atoms with Gasteiger partial charge in [0, 0.05) is 37.5 Å². The maximum absolute atomic E-state index is 12.5. The molecular weight excluding hydrogens is 356 g/mol. The number of likely N-dealkylation sites (tertiary alicyclic amines) is 2. The third-order valence-electron chi connectivity index (χ3n) is 5.86. The van der Waals surface area contributed by atoms with Crippen molar-refractivity contribution in [3.05, 3.63) is 35.5 Å². The molecule has 150 valence electrons. The van der Waals surface area contributed by atoms with E-state index in [4.69, 9.17) is 4.52 Å². The first kappa shape index (κ1) is 19.0. The van der Waals surface area contributed by atoms with Gasteiger partial charge in [-0.15, -0.1) is 0 Å². The highest BCUT2D eigenvalue weighted by atomic mass is 16.5. The molecule has 28 heavy (non-hydrogen) atoms. The van der Waals surface area contributed by atoms with Crippen molar-refractivity contribution in [1.29, 1.82) is 0 Å². The lowest BCUT2D eigenvalue weighted by molar-refractivity contribution is -0.140. The summed E-state index contributed by atoms with van der Waals surface area (Å²) < 4.78 is 5.38. The zero-order valence-corrected chi connectivity index (χ0v) is 16.7. The van der Waals surface area contributed by atoms with E-state index in [9.17, 15) is 4.79 Å². The zero-order valence-electron chi connectivity index (χ0n) is 16.7. The first-order valence-corrected chi connectivity index (χ1v) is 10.1. The van der Waals surface area contributed by atoms with E-state index in [1.54, 1.807) is 12.4 Å². The molecule has 8 heteroatoms. The molecular formula is C20H28N6O2. The zero-order chi connectivity index (χ0) is 19.6. The third kappa shape index (κ3) is 4.22. The number of rotatable bonds is 5.